The summed E-state index contributed by atoms with van der Waals surface area (Å²) in [7, 11) is 1.35. The molecular weight excluding hydrogens is 384 g/mol. The molecule has 4 rings (SSSR count). The van der Waals surface area contributed by atoms with Gasteiger partial charge < -0.3 is 14.8 Å². The Kier molecular flexibility index (Phi) is 6.59. The number of hydroxylamine groups is 1. The molecule has 9 heteroatoms. The lowest BCUT2D eigenvalue weighted by molar-refractivity contribution is 0.0535. The van der Waals surface area contributed by atoms with Gasteiger partial charge in [-0.2, -0.15) is 4.98 Å². The largest absolute Gasteiger partial charge is 0.353 e. The van der Waals surface area contributed by atoms with Crippen LogP contribution in [0.1, 0.15) is 61.3 Å². The van der Waals surface area contributed by atoms with Crippen molar-refractivity contribution in [2.45, 2.75) is 51.0 Å². The first-order valence-electron chi connectivity index (χ1n) is 10.9. The maximum Gasteiger partial charge on any atom is 0.280 e. The summed E-state index contributed by atoms with van der Waals surface area (Å²) in [5.41, 5.74) is 2.51. The Morgan fingerprint density at radius 3 is 2.70 bits per heavy atom. The number of likely N-dealkylation sites (tertiary alicyclic amines) is 1. The Morgan fingerprint density at radius 1 is 1.20 bits per heavy atom. The molecule has 2 N–H and O–H groups in total. The molecule has 0 spiro atoms. The first-order valence-corrected chi connectivity index (χ1v) is 10.9. The van der Waals surface area contributed by atoms with E-state index in [1.807, 2.05) is 4.57 Å². The number of carbonyl (C=O) groups excluding carboxylic acids is 1. The van der Waals surface area contributed by atoms with Gasteiger partial charge in [0.05, 0.1) is 12.5 Å². The first-order chi connectivity index (χ1) is 14.7. The van der Waals surface area contributed by atoms with Gasteiger partial charge in [-0.25, -0.2) is 10.5 Å². The molecule has 1 amide bonds. The van der Waals surface area contributed by atoms with Gasteiger partial charge in [0.25, 0.3) is 5.91 Å². The fraction of sp³-hybridized carbons (Fsp3) is 0.619. The number of rotatable bonds is 7. The van der Waals surface area contributed by atoms with Gasteiger partial charge >= 0.3 is 0 Å². The highest BCUT2D eigenvalue weighted by Crippen LogP contribution is 2.30. The van der Waals surface area contributed by atoms with Crippen LogP contribution in [0, 0.1) is 0 Å². The van der Waals surface area contributed by atoms with E-state index in [9.17, 15) is 9.59 Å². The maximum atomic E-state index is 12.9. The van der Waals surface area contributed by atoms with Crippen LogP contribution in [-0.2, 0) is 4.84 Å². The number of pyridine rings is 1. The van der Waals surface area contributed by atoms with Crippen molar-refractivity contribution < 1.29 is 9.63 Å². The van der Waals surface area contributed by atoms with Crippen molar-refractivity contribution in [1.82, 2.24) is 24.9 Å². The standard InChI is InChI=1S/C21H30N6O3/c1-30-25-20(29)17-14-27(15-7-3-2-4-8-15)19-16(18(17)28)13-23-21(24-19)22-9-12-26-10-5-6-11-26/h13-15H,2-12H2,1H3,(H,25,29)(H,22,23,24). The molecule has 0 atom stereocenters. The number of anilines is 1. The number of nitrogens with zero attached hydrogens (tertiary/aromatic N) is 4. The minimum atomic E-state index is -0.554. The van der Waals surface area contributed by atoms with Crippen LogP contribution in [-0.4, -0.2) is 58.6 Å². The molecule has 1 saturated heterocycles. The summed E-state index contributed by atoms with van der Waals surface area (Å²) in [5.74, 6) is -0.0403. The number of hydrogen-bond acceptors (Lipinski definition) is 7. The van der Waals surface area contributed by atoms with E-state index < -0.39 is 5.91 Å². The molecule has 162 valence electrons. The maximum absolute atomic E-state index is 12.9. The predicted octanol–water partition coefficient (Wildman–Crippen LogP) is 2.10. The van der Waals surface area contributed by atoms with Crippen LogP contribution in [0.25, 0.3) is 11.0 Å². The van der Waals surface area contributed by atoms with E-state index in [2.05, 4.69) is 25.7 Å². The summed E-state index contributed by atoms with van der Waals surface area (Å²) < 4.78 is 1.99. The summed E-state index contributed by atoms with van der Waals surface area (Å²) >= 11 is 0. The third-order valence-electron chi connectivity index (χ3n) is 6.09. The van der Waals surface area contributed by atoms with E-state index in [-0.39, 0.29) is 17.0 Å². The molecule has 0 unspecified atom stereocenters. The molecule has 30 heavy (non-hydrogen) atoms. The molecular formula is C21H30N6O3. The summed E-state index contributed by atoms with van der Waals surface area (Å²) in [6, 6.07) is 0.211. The van der Waals surface area contributed by atoms with Crippen molar-refractivity contribution in [2.75, 3.05) is 38.6 Å². The highest BCUT2D eigenvalue weighted by atomic mass is 16.6. The van der Waals surface area contributed by atoms with Crippen LogP contribution < -0.4 is 16.2 Å². The Bertz CT molecular complexity index is 948. The van der Waals surface area contributed by atoms with Crippen molar-refractivity contribution in [2.24, 2.45) is 0 Å². The van der Waals surface area contributed by atoms with Crippen molar-refractivity contribution in [3.63, 3.8) is 0 Å². The molecule has 2 aliphatic rings. The first kappa shape index (κ1) is 20.7. The van der Waals surface area contributed by atoms with Gasteiger partial charge in [-0.1, -0.05) is 19.3 Å². The highest BCUT2D eigenvalue weighted by molar-refractivity contribution is 5.96. The molecule has 9 nitrogen and oxygen atoms in total. The summed E-state index contributed by atoms with van der Waals surface area (Å²) in [4.78, 5) is 41.5. The molecule has 2 fully saturated rings. The average Bonchev–Trinajstić information content (AvgIpc) is 3.28. The van der Waals surface area contributed by atoms with E-state index in [0.717, 1.165) is 51.9 Å². The lowest BCUT2D eigenvalue weighted by atomic mass is 9.95. The van der Waals surface area contributed by atoms with Gasteiger partial charge in [-0.15, -0.1) is 0 Å². The van der Waals surface area contributed by atoms with Crippen molar-refractivity contribution in [1.29, 1.82) is 0 Å². The van der Waals surface area contributed by atoms with Gasteiger partial charge in [0.15, 0.2) is 0 Å². The van der Waals surface area contributed by atoms with Crippen LogP contribution in [0.2, 0.25) is 0 Å². The zero-order chi connectivity index (χ0) is 20.9. The highest BCUT2D eigenvalue weighted by Gasteiger charge is 2.22. The quantitative estimate of drug-likeness (QED) is 0.669. The molecule has 1 aliphatic heterocycles. The zero-order valence-electron chi connectivity index (χ0n) is 17.5. The number of nitrogens with one attached hydrogen (secondary N) is 2. The van der Waals surface area contributed by atoms with Gasteiger partial charge in [0.1, 0.15) is 11.2 Å². The SMILES string of the molecule is CONC(=O)c1cn(C2CCCCC2)c2nc(NCCN3CCCC3)ncc2c1=O. The van der Waals surface area contributed by atoms with Crippen molar-refractivity contribution in [3.8, 4) is 0 Å². The number of fused-ring (bicyclic) bond motifs is 1. The number of aromatic nitrogens is 3. The monoisotopic (exact) mass is 414 g/mol. The third-order valence-corrected chi connectivity index (χ3v) is 6.09. The number of hydrogen-bond donors (Lipinski definition) is 2. The predicted molar refractivity (Wildman–Crippen MR) is 115 cm³/mol. The van der Waals surface area contributed by atoms with E-state index in [4.69, 9.17) is 4.84 Å². The smallest absolute Gasteiger partial charge is 0.280 e. The lowest BCUT2D eigenvalue weighted by Crippen LogP contribution is -2.30. The summed E-state index contributed by atoms with van der Waals surface area (Å²) in [6.45, 7) is 4.00. The fourth-order valence-corrected chi connectivity index (χ4v) is 4.50. The summed E-state index contributed by atoms with van der Waals surface area (Å²) in [6.07, 6.45) is 11.2. The van der Waals surface area contributed by atoms with Gasteiger partial charge in [-0.05, 0) is 38.8 Å². The normalized spacial score (nSPS) is 18.0. The molecule has 0 radical (unpaired) electrons. The minimum absolute atomic E-state index is 0.0493. The minimum Gasteiger partial charge on any atom is -0.353 e. The van der Waals surface area contributed by atoms with E-state index in [1.165, 1.54) is 32.6 Å². The van der Waals surface area contributed by atoms with Crippen molar-refractivity contribution in [3.05, 3.63) is 28.2 Å². The van der Waals surface area contributed by atoms with Crippen LogP contribution in [0.15, 0.2) is 17.2 Å². The lowest BCUT2D eigenvalue weighted by Gasteiger charge is -2.26. The van der Waals surface area contributed by atoms with E-state index in [1.54, 1.807) is 6.20 Å². The zero-order valence-corrected chi connectivity index (χ0v) is 17.5. The average molecular weight is 415 g/mol. The van der Waals surface area contributed by atoms with Crippen LogP contribution >= 0.6 is 0 Å². The molecule has 0 aromatic carbocycles. The molecule has 2 aromatic rings. The summed E-state index contributed by atoms with van der Waals surface area (Å²) in [5, 5.41) is 3.65. The van der Waals surface area contributed by atoms with Gasteiger partial charge in [-0.3, -0.25) is 14.4 Å². The second-order valence-electron chi connectivity index (χ2n) is 8.11. The molecule has 2 aromatic heterocycles. The topological polar surface area (TPSA) is 101 Å². The van der Waals surface area contributed by atoms with Gasteiger partial charge in [0.2, 0.25) is 11.4 Å². The number of carbonyl (C=O) groups is 1. The van der Waals surface area contributed by atoms with Crippen LogP contribution in [0.5, 0.6) is 0 Å². The Morgan fingerprint density at radius 2 is 1.97 bits per heavy atom. The molecule has 1 saturated carbocycles. The molecule has 3 heterocycles. The fourth-order valence-electron chi connectivity index (χ4n) is 4.50. The molecule has 1 aliphatic carbocycles. The second kappa shape index (κ2) is 9.53. The van der Waals surface area contributed by atoms with Crippen molar-refractivity contribution >= 4 is 22.9 Å². The van der Waals surface area contributed by atoms with Crippen LogP contribution in [0.4, 0.5) is 5.95 Å². The third kappa shape index (κ3) is 4.46. The van der Waals surface area contributed by atoms with E-state index >= 15 is 0 Å². The Labute approximate surface area is 175 Å². The van der Waals surface area contributed by atoms with E-state index in [0.29, 0.717) is 17.0 Å². The number of amides is 1. The Hall–Kier alpha value is -2.52. The van der Waals surface area contributed by atoms with Gasteiger partial charge in [0, 0.05) is 31.5 Å². The Balaban J connectivity index is 1.66. The second-order valence-corrected chi connectivity index (χ2v) is 8.11. The van der Waals surface area contributed by atoms with Crippen LogP contribution in [0.3, 0.4) is 0 Å². The molecule has 0 bridgehead atoms.